The van der Waals surface area contributed by atoms with Gasteiger partial charge in [0.05, 0.1) is 16.1 Å². The Morgan fingerprint density at radius 2 is 0.984 bits per heavy atom. The molecule has 0 atom stereocenters. The number of thiophene rings is 2. The number of benzene rings is 9. The number of fused-ring (bicyclic) bond motifs is 8. The molecule has 0 spiro atoms. The summed E-state index contributed by atoms with van der Waals surface area (Å²) in [5.41, 5.74) is -1.08. The molecule has 0 radical (unpaired) electrons. The van der Waals surface area contributed by atoms with Crippen molar-refractivity contribution in [1.82, 2.24) is 0 Å². The number of rotatable bonds is 8. The minimum absolute atomic E-state index is 0.459. The summed E-state index contributed by atoms with van der Waals surface area (Å²) in [6, 6.07) is 61.3. The summed E-state index contributed by atoms with van der Waals surface area (Å²) in [6.45, 7) is 0. The standard InChI is InChI=1S/C51H31F3N2O3S3/c52-51(53,54)62(57,58)59-39-30-44-43-29-37(55(35-15-2-1-3-16-35)45-19-10-14-33-12-6-7-17-40(33)45)24-26-49(43)61-50(44)46(31-39)56(36-22-21-32-11-4-5-13-34(32)27-36)38-23-25-48-42(28-38)41-18-8-9-20-47(41)60-48/h1-31H. The van der Waals surface area contributed by atoms with E-state index in [1.807, 2.05) is 132 Å². The van der Waals surface area contributed by atoms with Crippen LogP contribution in [0, 0.1) is 0 Å². The predicted octanol–water partition coefficient (Wildman–Crippen LogP) is 15.9. The number of anilines is 6. The second-order valence-corrected chi connectivity index (χ2v) is 18.6. The van der Waals surface area contributed by atoms with Crippen LogP contribution in [0.2, 0.25) is 0 Å². The van der Waals surface area contributed by atoms with Crippen LogP contribution < -0.4 is 14.0 Å². The number of hydrogen-bond donors (Lipinski definition) is 0. The predicted molar refractivity (Wildman–Crippen MR) is 252 cm³/mol. The van der Waals surface area contributed by atoms with E-state index in [-0.39, 0.29) is 0 Å². The van der Waals surface area contributed by atoms with Gasteiger partial charge >= 0.3 is 15.6 Å². The van der Waals surface area contributed by atoms with Crippen LogP contribution in [0.25, 0.3) is 61.9 Å². The minimum Gasteiger partial charge on any atom is -0.376 e. The van der Waals surface area contributed by atoms with Crippen molar-refractivity contribution in [3.8, 4) is 5.75 Å². The highest BCUT2D eigenvalue weighted by molar-refractivity contribution is 7.88. The van der Waals surface area contributed by atoms with Crippen molar-refractivity contribution in [3.63, 3.8) is 0 Å². The molecule has 0 aliphatic carbocycles. The van der Waals surface area contributed by atoms with E-state index < -0.39 is 21.4 Å². The fourth-order valence-electron chi connectivity index (χ4n) is 8.35. The third kappa shape index (κ3) is 6.48. The Bertz CT molecular complexity index is 3660. The molecular formula is C51H31F3N2O3S3. The van der Waals surface area contributed by atoms with Crippen LogP contribution in [0.15, 0.2) is 188 Å². The normalized spacial score (nSPS) is 12.2. The molecule has 0 bridgehead atoms. The number of halogens is 3. The van der Waals surface area contributed by atoms with Crippen molar-refractivity contribution in [2.75, 3.05) is 9.80 Å². The van der Waals surface area contributed by atoms with E-state index in [1.54, 1.807) is 11.3 Å². The van der Waals surface area contributed by atoms with Gasteiger partial charge in [0.15, 0.2) is 0 Å². The van der Waals surface area contributed by atoms with E-state index in [1.165, 1.54) is 23.5 Å². The first-order valence-electron chi connectivity index (χ1n) is 19.6. The molecule has 0 amide bonds. The van der Waals surface area contributed by atoms with Crippen LogP contribution in [0.3, 0.4) is 0 Å². The van der Waals surface area contributed by atoms with Crippen molar-refractivity contribution in [1.29, 1.82) is 0 Å². The van der Waals surface area contributed by atoms with Crippen LogP contribution in [-0.4, -0.2) is 13.9 Å². The summed E-state index contributed by atoms with van der Waals surface area (Å²) in [5, 5.41) is 7.42. The smallest absolute Gasteiger partial charge is 0.376 e. The molecular weight excluding hydrogens is 842 g/mol. The highest BCUT2D eigenvalue weighted by Crippen LogP contribution is 2.50. The monoisotopic (exact) mass is 872 g/mol. The van der Waals surface area contributed by atoms with E-state index in [2.05, 4.69) is 53.4 Å². The SMILES string of the molecule is O=S(=O)(Oc1cc(N(c2ccc3ccccc3c2)c2ccc3sc4ccccc4c3c2)c2sc3ccc(N(c4ccccc4)c4cccc5ccccc45)cc3c2c1)C(F)(F)F. The molecule has 302 valence electrons. The lowest BCUT2D eigenvalue weighted by Crippen LogP contribution is -2.28. The van der Waals surface area contributed by atoms with E-state index >= 15 is 0 Å². The van der Waals surface area contributed by atoms with Gasteiger partial charge in [-0.05, 0) is 95.0 Å². The summed E-state index contributed by atoms with van der Waals surface area (Å²) in [7, 11) is -6.04. The molecule has 0 aliphatic heterocycles. The molecule has 11 heteroatoms. The van der Waals surface area contributed by atoms with Crippen LogP contribution in [-0.2, 0) is 10.1 Å². The van der Waals surface area contributed by atoms with Crippen molar-refractivity contribution in [2.24, 2.45) is 0 Å². The van der Waals surface area contributed by atoms with E-state index in [0.29, 0.717) is 11.1 Å². The molecule has 0 aliphatic rings. The zero-order valence-corrected chi connectivity index (χ0v) is 34.8. The van der Waals surface area contributed by atoms with Gasteiger partial charge in [0.2, 0.25) is 0 Å². The van der Waals surface area contributed by atoms with Crippen molar-refractivity contribution in [3.05, 3.63) is 188 Å². The number of alkyl halides is 3. The maximum Gasteiger partial charge on any atom is 0.534 e. The fourth-order valence-corrected chi connectivity index (χ4v) is 11.1. The third-order valence-corrected chi connectivity index (χ3v) is 14.5. The van der Waals surface area contributed by atoms with Gasteiger partial charge in [-0.2, -0.15) is 21.6 Å². The molecule has 5 nitrogen and oxygen atoms in total. The second-order valence-electron chi connectivity index (χ2n) is 14.9. The highest BCUT2D eigenvalue weighted by Gasteiger charge is 2.48. The van der Waals surface area contributed by atoms with Crippen molar-refractivity contribution >= 4 is 129 Å². The Balaban J connectivity index is 1.19. The van der Waals surface area contributed by atoms with Gasteiger partial charge in [-0.15, -0.1) is 22.7 Å². The van der Waals surface area contributed by atoms with E-state index in [4.69, 9.17) is 4.18 Å². The third-order valence-electron chi connectivity index (χ3n) is 11.1. The molecule has 62 heavy (non-hydrogen) atoms. The summed E-state index contributed by atoms with van der Waals surface area (Å²) >= 11 is 3.16. The average Bonchev–Trinajstić information content (AvgIpc) is 3.84. The maximum atomic E-state index is 14.1. The molecule has 9 aromatic carbocycles. The van der Waals surface area contributed by atoms with Gasteiger partial charge < -0.3 is 14.0 Å². The zero-order chi connectivity index (χ0) is 42.2. The van der Waals surface area contributed by atoms with E-state index in [9.17, 15) is 21.6 Å². The first-order chi connectivity index (χ1) is 30.1. The van der Waals surface area contributed by atoms with Gasteiger partial charge in [0.1, 0.15) is 5.75 Å². The van der Waals surface area contributed by atoms with Crippen LogP contribution >= 0.6 is 22.7 Å². The first-order valence-corrected chi connectivity index (χ1v) is 22.7. The van der Waals surface area contributed by atoms with Crippen molar-refractivity contribution in [2.45, 2.75) is 5.51 Å². The molecule has 11 rings (SSSR count). The lowest BCUT2D eigenvalue weighted by Gasteiger charge is -2.27. The minimum atomic E-state index is -6.04. The molecule has 11 aromatic rings. The van der Waals surface area contributed by atoms with Gasteiger partial charge in [-0.3, -0.25) is 0 Å². The number of para-hydroxylation sites is 1. The molecule has 2 heterocycles. The molecule has 0 saturated carbocycles. The van der Waals surface area contributed by atoms with Gasteiger partial charge in [0, 0.05) is 69.8 Å². The Morgan fingerprint density at radius 1 is 0.419 bits per heavy atom. The number of nitrogens with zero attached hydrogens (tertiary/aromatic N) is 2. The molecule has 0 unspecified atom stereocenters. The lowest BCUT2D eigenvalue weighted by atomic mass is 10.0. The molecule has 0 saturated heterocycles. The van der Waals surface area contributed by atoms with Crippen LogP contribution in [0.1, 0.15) is 0 Å². The zero-order valence-electron chi connectivity index (χ0n) is 32.4. The maximum absolute atomic E-state index is 14.1. The van der Waals surface area contributed by atoms with Gasteiger partial charge in [-0.1, -0.05) is 103 Å². The van der Waals surface area contributed by atoms with Crippen molar-refractivity contribution < 1.29 is 25.8 Å². The Kier molecular flexibility index (Phi) is 8.97. The Morgan fingerprint density at radius 3 is 1.74 bits per heavy atom. The molecule has 0 fully saturated rings. The summed E-state index contributed by atoms with van der Waals surface area (Å²) in [5.74, 6) is -0.461. The van der Waals surface area contributed by atoms with Crippen LogP contribution in [0.4, 0.5) is 47.3 Å². The molecule has 2 aromatic heterocycles. The first kappa shape index (κ1) is 38.0. The number of hydrogen-bond acceptors (Lipinski definition) is 7. The quantitative estimate of drug-likeness (QED) is 0.112. The topological polar surface area (TPSA) is 49.9 Å². The fraction of sp³-hybridized carbons (Fsp3) is 0.0196. The Hall–Kier alpha value is -6.92. The Labute approximate surface area is 361 Å². The largest absolute Gasteiger partial charge is 0.534 e. The second kappa shape index (κ2) is 14.6. The van der Waals surface area contributed by atoms with E-state index in [0.717, 1.165) is 84.9 Å². The van der Waals surface area contributed by atoms with Crippen LogP contribution in [0.5, 0.6) is 5.75 Å². The summed E-state index contributed by atoms with van der Waals surface area (Å²) in [4.78, 5) is 4.14. The summed E-state index contributed by atoms with van der Waals surface area (Å²) < 4.78 is 76.5. The van der Waals surface area contributed by atoms with Gasteiger partial charge in [0.25, 0.3) is 0 Å². The lowest BCUT2D eigenvalue weighted by molar-refractivity contribution is -0.0500. The molecule has 0 N–H and O–H groups in total. The average molecular weight is 873 g/mol. The highest BCUT2D eigenvalue weighted by atomic mass is 32.2. The summed E-state index contributed by atoms with van der Waals surface area (Å²) in [6.07, 6.45) is 0. The van der Waals surface area contributed by atoms with Gasteiger partial charge in [-0.25, -0.2) is 0 Å².